The molecule has 1 amide bonds. The summed E-state index contributed by atoms with van der Waals surface area (Å²) in [6.07, 6.45) is 5.91. The molecule has 0 bridgehead atoms. The third kappa shape index (κ3) is 3.48. The number of nitrogens with one attached hydrogen (secondary N) is 1. The lowest BCUT2D eigenvalue weighted by atomic mass is 9.98. The van der Waals surface area contributed by atoms with Gasteiger partial charge in [0, 0.05) is 6.54 Å². The molecule has 1 aliphatic carbocycles. The van der Waals surface area contributed by atoms with Crippen LogP contribution in [0.5, 0.6) is 0 Å². The van der Waals surface area contributed by atoms with Crippen LogP contribution >= 0.6 is 0 Å². The molecule has 0 aromatic rings. The van der Waals surface area contributed by atoms with Crippen LogP contribution in [0.3, 0.4) is 0 Å². The van der Waals surface area contributed by atoms with E-state index in [0.717, 1.165) is 13.0 Å². The lowest BCUT2D eigenvalue weighted by molar-refractivity contribution is -0.123. The second kappa shape index (κ2) is 5.67. The van der Waals surface area contributed by atoms with Crippen LogP contribution in [0.1, 0.15) is 52.9 Å². The molecule has 0 heterocycles. The van der Waals surface area contributed by atoms with Crippen LogP contribution in [0.15, 0.2) is 0 Å². The highest BCUT2D eigenvalue weighted by Crippen LogP contribution is 2.48. The average molecular weight is 226 g/mol. The van der Waals surface area contributed by atoms with Crippen molar-refractivity contribution < 1.29 is 4.79 Å². The Bertz CT molecular complexity index is 236. The van der Waals surface area contributed by atoms with Crippen molar-refractivity contribution in [3.05, 3.63) is 0 Å². The second-order valence-electron chi connectivity index (χ2n) is 5.38. The molecule has 1 saturated carbocycles. The minimum Gasteiger partial charge on any atom is -0.354 e. The fourth-order valence-corrected chi connectivity index (χ4v) is 2.13. The van der Waals surface area contributed by atoms with Gasteiger partial charge in [0.15, 0.2) is 0 Å². The number of carbonyl (C=O) groups is 1. The fraction of sp³-hybridized carbons (Fsp3) is 0.923. The molecule has 0 radical (unpaired) electrons. The van der Waals surface area contributed by atoms with Crippen molar-refractivity contribution in [1.29, 1.82) is 0 Å². The van der Waals surface area contributed by atoms with Crippen LogP contribution in [0, 0.1) is 11.3 Å². The van der Waals surface area contributed by atoms with E-state index in [1.165, 1.54) is 25.7 Å². The Morgan fingerprint density at radius 3 is 2.50 bits per heavy atom. The first-order valence-corrected chi connectivity index (χ1v) is 6.58. The Morgan fingerprint density at radius 1 is 1.44 bits per heavy atom. The summed E-state index contributed by atoms with van der Waals surface area (Å²) in [5, 5.41) is 3.02. The Morgan fingerprint density at radius 2 is 2.06 bits per heavy atom. The molecule has 0 aromatic heterocycles. The topological polar surface area (TPSA) is 55.1 Å². The number of hydrogen-bond donors (Lipinski definition) is 2. The van der Waals surface area contributed by atoms with E-state index in [2.05, 4.69) is 19.2 Å². The number of rotatable bonds is 7. The van der Waals surface area contributed by atoms with E-state index >= 15 is 0 Å². The Labute approximate surface area is 99.2 Å². The maximum Gasteiger partial charge on any atom is 0.237 e. The highest BCUT2D eigenvalue weighted by Gasteiger charge is 2.41. The molecule has 1 rings (SSSR count). The van der Waals surface area contributed by atoms with Crippen LogP contribution in [0.25, 0.3) is 0 Å². The van der Waals surface area contributed by atoms with Crippen LogP contribution in [-0.2, 0) is 4.79 Å². The summed E-state index contributed by atoms with van der Waals surface area (Å²) < 4.78 is 0. The van der Waals surface area contributed by atoms with Crippen LogP contribution in [0.2, 0.25) is 0 Å². The molecule has 3 heteroatoms. The van der Waals surface area contributed by atoms with Gasteiger partial charge in [-0.15, -0.1) is 0 Å². The van der Waals surface area contributed by atoms with E-state index in [0.29, 0.717) is 5.41 Å². The van der Waals surface area contributed by atoms with E-state index in [9.17, 15) is 4.79 Å². The van der Waals surface area contributed by atoms with Gasteiger partial charge in [0.1, 0.15) is 0 Å². The van der Waals surface area contributed by atoms with Gasteiger partial charge in [0.25, 0.3) is 0 Å². The fourth-order valence-electron chi connectivity index (χ4n) is 2.13. The van der Waals surface area contributed by atoms with Crippen molar-refractivity contribution in [3.63, 3.8) is 0 Å². The zero-order chi connectivity index (χ0) is 12.2. The molecule has 0 saturated heterocycles. The second-order valence-corrected chi connectivity index (χ2v) is 5.38. The SMILES string of the molecule is CCCC1(CNC(=O)[C@@H](N)C(C)CC)CC1. The third-order valence-electron chi connectivity index (χ3n) is 3.93. The van der Waals surface area contributed by atoms with Gasteiger partial charge >= 0.3 is 0 Å². The molecule has 3 nitrogen and oxygen atoms in total. The average Bonchev–Trinajstić information content (AvgIpc) is 3.05. The molecule has 0 aliphatic heterocycles. The Hall–Kier alpha value is -0.570. The summed E-state index contributed by atoms with van der Waals surface area (Å²) in [6.45, 7) is 7.12. The first-order chi connectivity index (χ1) is 7.54. The van der Waals surface area contributed by atoms with E-state index in [4.69, 9.17) is 5.73 Å². The lowest BCUT2D eigenvalue weighted by Crippen LogP contribution is -2.46. The first kappa shape index (κ1) is 13.5. The van der Waals surface area contributed by atoms with Gasteiger partial charge in [-0.3, -0.25) is 4.79 Å². The minimum atomic E-state index is -0.345. The molecule has 1 unspecified atom stereocenters. The van der Waals surface area contributed by atoms with Gasteiger partial charge in [0.2, 0.25) is 5.91 Å². The monoisotopic (exact) mass is 226 g/mol. The summed E-state index contributed by atoms with van der Waals surface area (Å²) in [4.78, 5) is 11.8. The van der Waals surface area contributed by atoms with E-state index in [1.54, 1.807) is 0 Å². The van der Waals surface area contributed by atoms with E-state index in [1.807, 2.05) is 6.92 Å². The van der Waals surface area contributed by atoms with Gasteiger partial charge in [-0.25, -0.2) is 0 Å². The molecule has 0 spiro atoms. The molecule has 2 atom stereocenters. The van der Waals surface area contributed by atoms with Gasteiger partial charge in [0.05, 0.1) is 6.04 Å². The van der Waals surface area contributed by atoms with Gasteiger partial charge < -0.3 is 11.1 Å². The maximum absolute atomic E-state index is 11.8. The quantitative estimate of drug-likeness (QED) is 0.698. The molecule has 3 N–H and O–H groups in total. The first-order valence-electron chi connectivity index (χ1n) is 6.58. The molecule has 0 aromatic carbocycles. The van der Waals surface area contributed by atoms with Crippen LogP contribution < -0.4 is 11.1 Å². The lowest BCUT2D eigenvalue weighted by Gasteiger charge is -2.20. The van der Waals surface area contributed by atoms with Gasteiger partial charge in [-0.2, -0.15) is 0 Å². The zero-order valence-corrected chi connectivity index (χ0v) is 10.9. The summed E-state index contributed by atoms with van der Waals surface area (Å²) in [6, 6.07) is -0.345. The number of carbonyl (C=O) groups excluding carboxylic acids is 1. The predicted molar refractivity (Wildman–Crippen MR) is 67.0 cm³/mol. The van der Waals surface area contributed by atoms with Crippen LogP contribution in [0.4, 0.5) is 0 Å². The molecule has 1 aliphatic rings. The molecular weight excluding hydrogens is 200 g/mol. The summed E-state index contributed by atoms with van der Waals surface area (Å²) in [7, 11) is 0. The Kier molecular flexibility index (Phi) is 4.78. The smallest absolute Gasteiger partial charge is 0.237 e. The molecule has 16 heavy (non-hydrogen) atoms. The molecule has 1 fully saturated rings. The maximum atomic E-state index is 11.8. The largest absolute Gasteiger partial charge is 0.354 e. The van der Waals surface area contributed by atoms with E-state index < -0.39 is 0 Å². The predicted octanol–water partition coefficient (Wildman–Crippen LogP) is 2.06. The van der Waals surface area contributed by atoms with Crippen LogP contribution in [-0.4, -0.2) is 18.5 Å². The highest BCUT2D eigenvalue weighted by atomic mass is 16.2. The summed E-state index contributed by atoms with van der Waals surface area (Å²) >= 11 is 0. The normalized spacial score (nSPS) is 21.2. The van der Waals surface area contributed by atoms with Crippen molar-refractivity contribution in [2.45, 2.75) is 58.9 Å². The number of nitrogens with two attached hydrogens (primary N) is 1. The highest BCUT2D eigenvalue weighted by molar-refractivity contribution is 5.81. The van der Waals surface area contributed by atoms with Gasteiger partial charge in [-0.1, -0.05) is 33.6 Å². The van der Waals surface area contributed by atoms with Gasteiger partial charge in [-0.05, 0) is 30.6 Å². The summed E-state index contributed by atoms with van der Waals surface area (Å²) in [5.74, 6) is 0.290. The minimum absolute atomic E-state index is 0.0247. The molecular formula is C13H26N2O. The van der Waals surface area contributed by atoms with Crippen molar-refractivity contribution >= 4 is 5.91 Å². The Balaban J connectivity index is 2.30. The van der Waals surface area contributed by atoms with Crippen molar-refractivity contribution in [3.8, 4) is 0 Å². The van der Waals surface area contributed by atoms with Crippen molar-refractivity contribution in [1.82, 2.24) is 5.32 Å². The number of amides is 1. The van der Waals surface area contributed by atoms with Crippen molar-refractivity contribution in [2.24, 2.45) is 17.1 Å². The zero-order valence-electron chi connectivity index (χ0n) is 10.9. The summed E-state index contributed by atoms with van der Waals surface area (Å²) in [5.41, 5.74) is 6.30. The third-order valence-corrected chi connectivity index (χ3v) is 3.93. The molecule has 94 valence electrons. The number of hydrogen-bond acceptors (Lipinski definition) is 2. The standard InChI is InChI=1S/C13H26N2O/c1-4-6-13(7-8-13)9-15-12(16)11(14)10(3)5-2/h10-11H,4-9,14H2,1-3H3,(H,15,16)/t10?,11-/m0/s1. The van der Waals surface area contributed by atoms with E-state index in [-0.39, 0.29) is 17.9 Å². The van der Waals surface area contributed by atoms with Crippen molar-refractivity contribution in [2.75, 3.05) is 6.54 Å².